The molecule has 0 aromatic heterocycles. The van der Waals surface area contributed by atoms with Gasteiger partial charge in [0.2, 0.25) is 53.9 Å². The maximum absolute atomic E-state index is 15.9. The standard InChI is InChI=1S/C67H91F6N9O12/c1-34(2)20-47(77-61(88)39(11)76-57(87)29-52(84)48(21-35(3)4)78-63(90)60(38(9)10)80-64(91)59(37(7)8)79-56(86)22-36(5)6)51(83)28-55(85)74-18-14-12-13-15-19-75-62(89)40-16-17-41(65(92)93)42(23-40)58-43-24-45(68)49(81-30-66(70,71)31-81)26-53(43)94-54-27-50(46(69)25-44(54)58)82-32-67(72,73)33-82/h16-17,23-27,34-39,47-48,51-52,59-60,83-84H,12-15,18-22,28-33H2,1-11H3,(H7-,74,75,76,77,78,79,80,85,86,87,88,89,90,91,92,93)/p+1/t39-,47-,48-,51-,52-,59-,60-/m0/s1. The lowest BCUT2D eigenvalue weighted by Crippen LogP contribution is -2.59. The molecular weight excluding hydrogens is 1240 g/mol. The van der Waals surface area contributed by atoms with Gasteiger partial charge in [-0.3, -0.25) is 33.6 Å². The van der Waals surface area contributed by atoms with Gasteiger partial charge in [0.1, 0.15) is 35.3 Å². The first-order chi connectivity index (χ1) is 43.9. The Morgan fingerprint density at radius 1 is 0.585 bits per heavy atom. The highest BCUT2D eigenvalue weighted by Crippen LogP contribution is 2.45. The summed E-state index contributed by atoms with van der Waals surface area (Å²) in [7, 11) is 0. The number of benzene rings is 3. The summed E-state index contributed by atoms with van der Waals surface area (Å²) in [6.07, 6.45) is -0.680. The van der Waals surface area contributed by atoms with Gasteiger partial charge in [-0.2, -0.15) is 13.2 Å². The summed E-state index contributed by atoms with van der Waals surface area (Å²) in [4.78, 5) is 107. The van der Waals surface area contributed by atoms with Crippen LogP contribution in [0, 0.1) is 41.2 Å². The van der Waals surface area contributed by atoms with Gasteiger partial charge in [0, 0.05) is 47.7 Å². The largest absolute Gasteiger partial charge is 0.478 e. The number of anilines is 1. The number of amides is 7. The number of fused-ring (bicyclic) bond motifs is 2. The summed E-state index contributed by atoms with van der Waals surface area (Å²) in [5.74, 6) is -14.3. The molecule has 2 aromatic carbocycles. The minimum absolute atomic E-state index is 0.0317. The number of aliphatic hydroxyl groups is 2. The van der Waals surface area contributed by atoms with E-state index in [-0.39, 0.29) is 124 Å². The molecule has 1 aliphatic carbocycles. The fourth-order valence-electron chi connectivity index (χ4n) is 11.5. The molecule has 4 aliphatic rings. The Balaban J connectivity index is 0.988. The monoisotopic (exact) mass is 1330 g/mol. The number of aromatic carboxylic acids is 1. The molecule has 0 radical (unpaired) electrons. The zero-order valence-corrected chi connectivity index (χ0v) is 55.3. The van der Waals surface area contributed by atoms with Crippen molar-refractivity contribution in [2.75, 3.05) is 44.2 Å². The Hall–Kier alpha value is -7.81. The number of hydrogen-bond acceptors (Lipinski definition) is 12. The number of alkyl halides is 4. The smallest absolute Gasteiger partial charge is 0.361 e. The summed E-state index contributed by atoms with van der Waals surface area (Å²) >= 11 is 0. The van der Waals surface area contributed by atoms with Crippen molar-refractivity contribution in [3.05, 3.63) is 70.6 Å². The fraction of sp³-hybridized carbons (Fsp3) is 0.597. The number of carbonyl (C=O) groups excluding carboxylic acids is 7. The average Bonchev–Trinajstić information content (AvgIpc) is 0.729. The van der Waals surface area contributed by atoms with E-state index in [1.807, 2.05) is 41.5 Å². The summed E-state index contributed by atoms with van der Waals surface area (Å²) in [5, 5.41) is 51.8. The normalized spacial score (nSPS) is 16.6. The van der Waals surface area contributed by atoms with E-state index < -0.39 is 146 Å². The van der Waals surface area contributed by atoms with E-state index in [1.54, 1.807) is 27.7 Å². The molecule has 518 valence electrons. The van der Waals surface area contributed by atoms with E-state index in [0.29, 0.717) is 25.7 Å². The Labute approximate surface area is 543 Å². The van der Waals surface area contributed by atoms with Crippen molar-refractivity contribution in [2.45, 2.75) is 188 Å². The van der Waals surface area contributed by atoms with Crippen LogP contribution in [0.4, 0.5) is 32.0 Å². The topological polar surface area (TPSA) is 301 Å². The second-order valence-corrected chi connectivity index (χ2v) is 27.0. The van der Waals surface area contributed by atoms with Crippen molar-refractivity contribution in [2.24, 2.45) is 29.6 Å². The Kier molecular flexibility index (Phi) is 26.1. The van der Waals surface area contributed by atoms with Crippen LogP contribution in [-0.4, -0.2) is 156 Å². The van der Waals surface area contributed by atoms with Crippen molar-refractivity contribution >= 4 is 64.0 Å². The quantitative estimate of drug-likeness (QED) is 0.0101. The summed E-state index contributed by atoms with van der Waals surface area (Å²) in [6.45, 7) is 16.9. The summed E-state index contributed by atoms with van der Waals surface area (Å²) in [5.41, 5.74) is -1.12. The molecule has 2 saturated heterocycles. The van der Waals surface area contributed by atoms with Crippen LogP contribution < -0.4 is 52.1 Å². The number of hydrogen-bond donors (Lipinski definition) is 10. The lowest BCUT2D eigenvalue weighted by atomic mass is 9.89. The predicted molar refractivity (Wildman–Crippen MR) is 341 cm³/mol. The molecule has 10 N–H and O–H groups in total. The predicted octanol–water partition coefficient (Wildman–Crippen LogP) is 6.86. The third-order valence-electron chi connectivity index (χ3n) is 16.4. The molecule has 0 bridgehead atoms. The number of carboxylic acids is 1. The molecule has 94 heavy (non-hydrogen) atoms. The minimum atomic E-state index is -3.08. The molecule has 0 saturated carbocycles. The SMILES string of the molecule is CC(C)CC(=O)N[C@H](C(=O)N[C@H](C(=O)N[C@@H](CC(C)C)[C@@H](O)CC(=O)N[C@@H](C)C(=O)N[C@@H](CC(C)C)[C@@H](O)CC(=O)NCCCCCCNC(=O)c1ccc(C(=O)O)c(-c2c3cc(F)c(=[N+]4CC(F)(F)C4)cc-3oc3cc(N4CC(F)(F)C4)c(F)cc23)c1)C(C)C)C(C)C. The minimum Gasteiger partial charge on any atom is -0.478 e. The maximum atomic E-state index is 15.9. The highest BCUT2D eigenvalue weighted by Gasteiger charge is 2.51. The molecule has 0 unspecified atom stereocenters. The van der Waals surface area contributed by atoms with E-state index in [4.69, 9.17) is 4.42 Å². The van der Waals surface area contributed by atoms with Crippen LogP contribution in [0.1, 0.15) is 155 Å². The Bertz CT molecular complexity index is 3430. The van der Waals surface area contributed by atoms with Crippen LogP contribution in [0.3, 0.4) is 0 Å². The Morgan fingerprint density at radius 3 is 1.67 bits per heavy atom. The molecule has 27 heteroatoms. The second-order valence-electron chi connectivity index (χ2n) is 27.0. The zero-order valence-electron chi connectivity index (χ0n) is 55.3. The van der Waals surface area contributed by atoms with E-state index in [2.05, 4.69) is 37.2 Å². The van der Waals surface area contributed by atoms with Crippen molar-refractivity contribution < 1.29 is 84.4 Å². The van der Waals surface area contributed by atoms with Gasteiger partial charge in [-0.1, -0.05) is 82.1 Å². The van der Waals surface area contributed by atoms with Crippen LogP contribution in [0.2, 0.25) is 0 Å². The zero-order chi connectivity index (χ0) is 69.8. The van der Waals surface area contributed by atoms with Crippen LogP contribution in [0.5, 0.6) is 0 Å². The van der Waals surface area contributed by atoms with Crippen molar-refractivity contribution in [3.8, 4) is 22.5 Å². The van der Waals surface area contributed by atoms with Gasteiger partial charge in [0.25, 0.3) is 11.8 Å². The Morgan fingerprint density at radius 2 is 1.13 bits per heavy atom. The number of carboxylic acid groups (broad SMARTS) is 1. The molecule has 3 heterocycles. The first-order valence-electron chi connectivity index (χ1n) is 32.2. The van der Waals surface area contributed by atoms with Gasteiger partial charge in [0.05, 0.1) is 67.5 Å². The molecule has 2 fully saturated rings. The van der Waals surface area contributed by atoms with Gasteiger partial charge in [-0.15, -0.1) is 0 Å². The number of nitrogens with zero attached hydrogens (tertiary/aromatic N) is 2. The summed E-state index contributed by atoms with van der Waals surface area (Å²) in [6, 6.07) is 2.89. The van der Waals surface area contributed by atoms with Gasteiger partial charge in [-0.25, -0.2) is 22.5 Å². The maximum Gasteiger partial charge on any atom is 0.361 e. The molecule has 7 atom stereocenters. The van der Waals surface area contributed by atoms with E-state index in [1.165, 1.54) is 19.1 Å². The molecular formula is C67H92F6N9O12+. The highest BCUT2D eigenvalue weighted by molar-refractivity contribution is 6.09. The number of halogens is 6. The average molecular weight is 1330 g/mol. The van der Waals surface area contributed by atoms with Crippen molar-refractivity contribution in [1.29, 1.82) is 0 Å². The fourth-order valence-corrected chi connectivity index (χ4v) is 11.5. The van der Waals surface area contributed by atoms with Crippen LogP contribution in [-0.2, 0) is 28.8 Å². The molecule has 2 aromatic rings. The third kappa shape index (κ3) is 20.6. The molecule has 6 rings (SSSR count). The first-order valence-corrected chi connectivity index (χ1v) is 32.2. The van der Waals surface area contributed by atoms with Gasteiger partial charge in [-0.05, 0) is 98.1 Å². The van der Waals surface area contributed by atoms with E-state index >= 15 is 8.78 Å². The summed E-state index contributed by atoms with van der Waals surface area (Å²) < 4.78 is 94.6. The molecule has 3 aliphatic heterocycles. The second kappa shape index (κ2) is 32.6. The molecule has 21 nitrogen and oxygen atoms in total. The number of rotatable bonds is 33. The number of nitrogens with one attached hydrogen (secondary N) is 7. The van der Waals surface area contributed by atoms with Gasteiger partial charge >= 0.3 is 11.9 Å². The third-order valence-corrected chi connectivity index (χ3v) is 16.4. The molecule has 0 spiro atoms. The highest BCUT2D eigenvalue weighted by atomic mass is 19.3. The van der Waals surface area contributed by atoms with E-state index in [0.717, 1.165) is 39.8 Å². The van der Waals surface area contributed by atoms with Gasteiger partial charge < -0.3 is 61.9 Å². The van der Waals surface area contributed by atoms with Crippen molar-refractivity contribution in [3.63, 3.8) is 0 Å². The molecule has 7 amide bonds. The lowest BCUT2D eigenvalue weighted by molar-refractivity contribution is -0.134. The number of aliphatic hydroxyl groups excluding tert-OH is 2. The van der Waals surface area contributed by atoms with Crippen molar-refractivity contribution in [1.82, 2.24) is 41.8 Å². The van der Waals surface area contributed by atoms with Crippen LogP contribution in [0.15, 0.2) is 46.9 Å². The first kappa shape index (κ1) is 75.2. The van der Waals surface area contributed by atoms with Gasteiger partial charge in [0.15, 0.2) is 5.82 Å². The van der Waals surface area contributed by atoms with Crippen LogP contribution >= 0.6 is 0 Å². The van der Waals surface area contributed by atoms with Crippen LogP contribution in [0.25, 0.3) is 33.4 Å². The number of carbonyl (C=O) groups is 8. The lowest BCUT2D eigenvalue weighted by Gasteiger charge is -2.40. The number of unbranched alkanes of at least 4 members (excludes halogenated alkanes) is 3. The van der Waals surface area contributed by atoms with E-state index in [9.17, 15) is 71.2 Å².